The third-order valence-corrected chi connectivity index (χ3v) is 2.72. The van der Waals surface area contributed by atoms with Gasteiger partial charge in [-0.2, -0.15) is 5.10 Å². The molecule has 0 aliphatic carbocycles. The fourth-order valence-electron chi connectivity index (χ4n) is 1.73. The average molecular weight is 305 g/mol. The van der Waals surface area contributed by atoms with E-state index in [1.807, 2.05) is 0 Å². The third kappa shape index (κ3) is 4.02. The van der Waals surface area contributed by atoms with Crippen molar-refractivity contribution in [1.82, 2.24) is 5.43 Å². The van der Waals surface area contributed by atoms with Gasteiger partial charge in [-0.15, -0.1) is 0 Å². The molecule has 3 N–H and O–H groups in total. The molecule has 0 bridgehead atoms. The van der Waals surface area contributed by atoms with Gasteiger partial charge in [-0.1, -0.05) is 30.3 Å². The number of hydrogen-bond donors (Lipinski definition) is 2. The Hall–Kier alpha value is -2.96. The molecular formula is C15H13F2N3O2. The van der Waals surface area contributed by atoms with Crippen LogP contribution in [0, 0.1) is 11.6 Å². The molecule has 0 saturated carbocycles. The molecule has 0 aliphatic heterocycles. The molecule has 2 rings (SSSR count). The average Bonchev–Trinajstić information content (AvgIpc) is 2.48. The van der Waals surface area contributed by atoms with Gasteiger partial charge in [0, 0.05) is 5.56 Å². The van der Waals surface area contributed by atoms with E-state index in [1.54, 1.807) is 24.3 Å². The zero-order chi connectivity index (χ0) is 15.9. The normalized spacial score (nSPS) is 10.6. The van der Waals surface area contributed by atoms with E-state index < -0.39 is 23.4 Å². The highest BCUT2D eigenvalue weighted by atomic mass is 19.1. The number of nitrogens with zero attached hydrogens (tertiary/aromatic N) is 1. The van der Waals surface area contributed by atoms with E-state index in [2.05, 4.69) is 10.5 Å². The number of carbonyl (C=O) groups is 1. The highest BCUT2D eigenvalue weighted by molar-refractivity contribution is 5.83. The van der Waals surface area contributed by atoms with E-state index in [0.29, 0.717) is 11.1 Å². The number of amides is 2. The second-order valence-corrected chi connectivity index (χ2v) is 4.27. The van der Waals surface area contributed by atoms with E-state index in [0.717, 1.165) is 12.1 Å². The first-order valence-corrected chi connectivity index (χ1v) is 6.31. The standard InChI is InChI=1S/C15H13F2N3O2/c16-12-6-3-7-13(17)14(12)22-9-11-5-2-1-4-10(11)8-19-20-15(18)21/h1-8H,9H2,(H3,18,20,21). The largest absolute Gasteiger partial charge is 0.483 e. The molecule has 0 atom stereocenters. The molecule has 0 aliphatic rings. The van der Waals surface area contributed by atoms with E-state index in [9.17, 15) is 13.6 Å². The maximum Gasteiger partial charge on any atom is 0.332 e. The van der Waals surface area contributed by atoms with Crippen LogP contribution in [0.3, 0.4) is 0 Å². The van der Waals surface area contributed by atoms with Crippen molar-refractivity contribution in [3.8, 4) is 5.75 Å². The number of carbonyl (C=O) groups excluding carboxylic acids is 1. The first kappa shape index (κ1) is 15.4. The van der Waals surface area contributed by atoms with Crippen molar-refractivity contribution in [3.63, 3.8) is 0 Å². The lowest BCUT2D eigenvalue weighted by atomic mass is 10.1. The molecule has 0 aromatic heterocycles. The summed E-state index contributed by atoms with van der Waals surface area (Å²) in [6.45, 7) is -0.0589. The third-order valence-electron chi connectivity index (χ3n) is 2.72. The minimum atomic E-state index is -0.793. The highest BCUT2D eigenvalue weighted by Crippen LogP contribution is 2.22. The molecule has 22 heavy (non-hydrogen) atoms. The van der Waals surface area contributed by atoms with Crippen molar-refractivity contribution in [1.29, 1.82) is 0 Å². The van der Waals surface area contributed by atoms with Crippen LogP contribution in [-0.2, 0) is 6.61 Å². The summed E-state index contributed by atoms with van der Waals surface area (Å²) in [6.07, 6.45) is 1.36. The summed E-state index contributed by atoms with van der Waals surface area (Å²) in [5.74, 6) is -1.99. The quantitative estimate of drug-likeness (QED) is 0.658. The summed E-state index contributed by atoms with van der Waals surface area (Å²) in [5, 5.41) is 3.64. The van der Waals surface area contributed by atoms with Crippen molar-refractivity contribution in [2.24, 2.45) is 10.8 Å². The molecule has 2 aromatic rings. The maximum absolute atomic E-state index is 13.5. The highest BCUT2D eigenvalue weighted by Gasteiger charge is 2.10. The molecule has 114 valence electrons. The van der Waals surface area contributed by atoms with Crippen LogP contribution in [0.1, 0.15) is 11.1 Å². The number of halogens is 2. The zero-order valence-electron chi connectivity index (χ0n) is 11.4. The van der Waals surface area contributed by atoms with Gasteiger partial charge in [-0.3, -0.25) is 0 Å². The second kappa shape index (κ2) is 7.16. The van der Waals surface area contributed by atoms with Gasteiger partial charge in [0.2, 0.25) is 0 Å². The summed E-state index contributed by atoms with van der Waals surface area (Å²) in [5.41, 5.74) is 8.21. The van der Waals surface area contributed by atoms with E-state index >= 15 is 0 Å². The fraction of sp³-hybridized carbons (Fsp3) is 0.0667. The first-order chi connectivity index (χ1) is 10.6. The number of ether oxygens (including phenoxy) is 1. The van der Waals surface area contributed by atoms with Gasteiger partial charge in [0.15, 0.2) is 17.4 Å². The van der Waals surface area contributed by atoms with Crippen molar-refractivity contribution in [2.45, 2.75) is 6.61 Å². The van der Waals surface area contributed by atoms with Crippen LogP contribution < -0.4 is 15.9 Å². The van der Waals surface area contributed by atoms with Crippen LogP contribution in [0.4, 0.5) is 13.6 Å². The molecule has 0 radical (unpaired) electrons. The molecular weight excluding hydrogens is 292 g/mol. The van der Waals surface area contributed by atoms with Crippen LogP contribution >= 0.6 is 0 Å². The molecule has 0 fully saturated rings. The number of nitrogens with one attached hydrogen (secondary N) is 1. The van der Waals surface area contributed by atoms with Crippen molar-refractivity contribution in [3.05, 3.63) is 65.2 Å². The summed E-state index contributed by atoms with van der Waals surface area (Å²) in [7, 11) is 0. The van der Waals surface area contributed by atoms with Gasteiger partial charge in [0.05, 0.1) is 6.21 Å². The maximum atomic E-state index is 13.5. The number of primary amides is 1. The molecule has 0 heterocycles. The number of rotatable bonds is 5. The van der Waals surface area contributed by atoms with Gasteiger partial charge >= 0.3 is 6.03 Å². The van der Waals surface area contributed by atoms with Gasteiger partial charge < -0.3 is 10.5 Å². The monoisotopic (exact) mass is 305 g/mol. The lowest BCUT2D eigenvalue weighted by molar-refractivity contribution is 0.249. The SMILES string of the molecule is NC(=O)NN=Cc1ccccc1COc1c(F)cccc1F. The van der Waals surface area contributed by atoms with E-state index in [1.165, 1.54) is 12.3 Å². The summed E-state index contributed by atoms with van der Waals surface area (Å²) in [6, 6.07) is 9.61. The number of benzene rings is 2. The van der Waals surface area contributed by atoms with E-state index in [4.69, 9.17) is 10.5 Å². The summed E-state index contributed by atoms with van der Waals surface area (Å²) in [4.78, 5) is 10.5. The lowest BCUT2D eigenvalue weighted by Crippen LogP contribution is -2.24. The zero-order valence-corrected chi connectivity index (χ0v) is 11.4. The minimum absolute atomic E-state index is 0.0589. The molecule has 2 amide bonds. The fourth-order valence-corrected chi connectivity index (χ4v) is 1.73. The van der Waals surface area contributed by atoms with Crippen LogP contribution in [-0.4, -0.2) is 12.2 Å². The van der Waals surface area contributed by atoms with Crippen LogP contribution in [0.2, 0.25) is 0 Å². The molecule has 0 saturated heterocycles. The summed E-state index contributed by atoms with van der Waals surface area (Å²) >= 11 is 0. The van der Waals surface area contributed by atoms with Gasteiger partial charge in [0.1, 0.15) is 6.61 Å². The molecule has 7 heteroatoms. The minimum Gasteiger partial charge on any atom is -0.483 e. The van der Waals surface area contributed by atoms with Gasteiger partial charge in [-0.05, 0) is 17.7 Å². The Labute approximate surface area is 125 Å². The topological polar surface area (TPSA) is 76.7 Å². The second-order valence-electron chi connectivity index (χ2n) is 4.27. The van der Waals surface area contributed by atoms with Crippen LogP contribution in [0.15, 0.2) is 47.6 Å². The smallest absolute Gasteiger partial charge is 0.332 e. The van der Waals surface area contributed by atoms with Crippen molar-refractivity contribution in [2.75, 3.05) is 0 Å². The molecule has 0 unspecified atom stereocenters. The number of para-hydroxylation sites is 1. The lowest BCUT2D eigenvalue weighted by Gasteiger charge is -2.10. The predicted octanol–water partition coefficient (Wildman–Crippen LogP) is 2.55. The van der Waals surface area contributed by atoms with Gasteiger partial charge in [0.25, 0.3) is 0 Å². The Bertz CT molecular complexity index is 685. The van der Waals surface area contributed by atoms with E-state index in [-0.39, 0.29) is 6.61 Å². The Morgan fingerprint density at radius 2 is 1.86 bits per heavy atom. The molecule has 2 aromatic carbocycles. The predicted molar refractivity (Wildman–Crippen MR) is 77.4 cm³/mol. The Balaban J connectivity index is 2.13. The number of urea groups is 1. The number of hydrazone groups is 1. The van der Waals surface area contributed by atoms with Gasteiger partial charge in [-0.25, -0.2) is 19.0 Å². The Morgan fingerprint density at radius 1 is 1.18 bits per heavy atom. The molecule has 5 nitrogen and oxygen atoms in total. The summed E-state index contributed by atoms with van der Waals surface area (Å²) < 4.78 is 32.2. The first-order valence-electron chi connectivity index (χ1n) is 6.31. The Kier molecular flexibility index (Phi) is 5.02. The van der Waals surface area contributed by atoms with Crippen LogP contribution in [0.25, 0.3) is 0 Å². The van der Waals surface area contributed by atoms with Crippen molar-refractivity contribution < 1.29 is 18.3 Å². The Morgan fingerprint density at radius 3 is 2.55 bits per heavy atom. The number of hydrogen-bond acceptors (Lipinski definition) is 3. The molecule has 0 spiro atoms. The number of nitrogens with two attached hydrogens (primary N) is 1. The van der Waals surface area contributed by atoms with Crippen LogP contribution in [0.5, 0.6) is 5.75 Å². The van der Waals surface area contributed by atoms with Crippen molar-refractivity contribution >= 4 is 12.2 Å².